The molecule has 1 aromatic rings. The number of nitrogens with one attached hydrogen (secondary N) is 1. The summed E-state index contributed by atoms with van der Waals surface area (Å²) >= 11 is 1.76. The first-order chi connectivity index (χ1) is 7.90. The molecular formula is C13H21NO2S. The normalized spacial score (nSPS) is 12.8. The van der Waals surface area contributed by atoms with Crippen molar-refractivity contribution in [2.24, 2.45) is 0 Å². The van der Waals surface area contributed by atoms with E-state index < -0.39 is 0 Å². The van der Waals surface area contributed by atoms with Crippen LogP contribution in [0, 0.1) is 13.8 Å². The van der Waals surface area contributed by atoms with E-state index in [0.717, 1.165) is 0 Å². The maximum Gasteiger partial charge on any atom is 0.246 e. The highest BCUT2D eigenvalue weighted by molar-refractivity contribution is 7.12. The van der Waals surface area contributed by atoms with Gasteiger partial charge in [-0.25, -0.2) is 0 Å². The van der Waals surface area contributed by atoms with Gasteiger partial charge in [-0.2, -0.15) is 0 Å². The van der Waals surface area contributed by atoms with Gasteiger partial charge >= 0.3 is 0 Å². The molecule has 0 radical (unpaired) electrons. The Morgan fingerprint density at radius 1 is 1.41 bits per heavy atom. The number of amides is 1. The molecule has 0 aliphatic carbocycles. The van der Waals surface area contributed by atoms with Crippen molar-refractivity contribution in [1.82, 2.24) is 5.32 Å². The van der Waals surface area contributed by atoms with Crippen molar-refractivity contribution in [1.29, 1.82) is 0 Å². The Balaban J connectivity index is 2.51. The quantitative estimate of drug-likeness (QED) is 0.878. The molecule has 0 saturated heterocycles. The number of ether oxygens (including phenoxy) is 1. The van der Waals surface area contributed by atoms with Crippen LogP contribution < -0.4 is 5.32 Å². The lowest BCUT2D eigenvalue weighted by Gasteiger charge is -2.14. The molecule has 1 amide bonds. The SMILES string of the molecule is Cc1cc(C(C)NC(=O)COC(C)C)c(C)s1. The molecule has 96 valence electrons. The van der Waals surface area contributed by atoms with Crippen LogP contribution in [0.15, 0.2) is 6.07 Å². The minimum absolute atomic E-state index is 0.0446. The van der Waals surface area contributed by atoms with Crippen molar-refractivity contribution in [3.05, 3.63) is 21.4 Å². The molecule has 1 heterocycles. The summed E-state index contributed by atoms with van der Waals surface area (Å²) in [7, 11) is 0. The van der Waals surface area contributed by atoms with Crippen LogP contribution in [0.1, 0.15) is 42.1 Å². The fraction of sp³-hybridized carbons (Fsp3) is 0.615. The molecule has 0 fully saturated rings. The van der Waals surface area contributed by atoms with Crippen LogP contribution in [0.5, 0.6) is 0 Å². The van der Waals surface area contributed by atoms with Crippen LogP contribution in [0.2, 0.25) is 0 Å². The van der Waals surface area contributed by atoms with Crippen molar-refractivity contribution in [2.75, 3.05) is 6.61 Å². The minimum Gasteiger partial charge on any atom is -0.369 e. The van der Waals surface area contributed by atoms with Crippen LogP contribution in [0.25, 0.3) is 0 Å². The van der Waals surface area contributed by atoms with E-state index in [0.29, 0.717) is 0 Å². The molecule has 4 heteroatoms. The first-order valence-corrected chi connectivity index (χ1v) is 6.69. The second-order valence-corrected chi connectivity index (χ2v) is 5.98. The highest BCUT2D eigenvalue weighted by Crippen LogP contribution is 2.25. The summed E-state index contributed by atoms with van der Waals surface area (Å²) in [4.78, 5) is 14.2. The second-order valence-electron chi connectivity index (χ2n) is 4.52. The molecule has 1 atom stereocenters. The van der Waals surface area contributed by atoms with Gasteiger partial charge in [0, 0.05) is 9.75 Å². The van der Waals surface area contributed by atoms with E-state index in [1.807, 2.05) is 20.8 Å². The summed E-state index contributed by atoms with van der Waals surface area (Å²) in [6, 6.07) is 2.18. The third kappa shape index (κ3) is 4.48. The van der Waals surface area contributed by atoms with Crippen LogP contribution in [-0.2, 0) is 9.53 Å². The van der Waals surface area contributed by atoms with E-state index in [1.165, 1.54) is 15.3 Å². The topological polar surface area (TPSA) is 38.3 Å². The molecule has 0 spiro atoms. The van der Waals surface area contributed by atoms with Gasteiger partial charge < -0.3 is 10.1 Å². The zero-order valence-electron chi connectivity index (χ0n) is 11.2. The molecule has 0 bridgehead atoms. The Labute approximate surface area is 107 Å². The molecule has 0 saturated carbocycles. The summed E-state index contributed by atoms with van der Waals surface area (Å²) in [5.74, 6) is -0.0607. The molecular weight excluding hydrogens is 234 g/mol. The molecule has 1 N–H and O–H groups in total. The Hall–Kier alpha value is -0.870. The number of hydrogen-bond donors (Lipinski definition) is 1. The summed E-state index contributed by atoms with van der Waals surface area (Å²) in [6.45, 7) is 10.1. The Morgan fingerprint density at radius 3 is 2.53 bits per heavy atom. The fourth-order valence-electron chi connectivity index (χ4n) is 1.68. The van der Waals surface area contributed by atoms with Gasteiger partial charge in [-0.15, -0.1) is 11.3 Å². The van der Waals surface area contributed by atoms with Crippen LogP contribution in [0.4, 0.5) is 0 Å². The van der Waals surface area contributed by atoms with E-state index >= 15 is 0 Å². The zero-order valence-corrected chi connectivity index (χ0v) is 12.0. The van der Waals surface area contributed by atoms with E-state index in [2.05, 4.69) is 25.2 Å². The average Bonchev–Trinajstić information content (AvgIpc) is 2.55. The van der Waals surface area contributed by atoms with Crippen LogP contribution >= 0.6 is 11.3 Å². The smallest absolute Gasteiger partial charge is 0.246 e. The number of carbonyl (C=O) groups excluding carboxylic acids is 1. The number of thiophene rings is 1. The van der Waals surface area contributed by atoms with Gasteiger partial charge in [0.05, 0.1) is 12.1 Å². The average molecular weight is 255 g/mol. The third-order valence-corrected chi connectivity index (χ3v) is 3.45. The predicted molar refractivity (Wildman–Crippen MR) is 71.4 cm³/mol. The van der Waals surface area contributed by atoms with E-state index in [1.54, 1.807) is 11.3 Å². The van der Waals surface area contributed by atoms with E-state index in [4.69, 9.17) is 4.74 Å². The molecule has 0 aliphatic rings. The predicted octanol–water partition coefficient (Wildman–Crippen LogP) is 2.97. The van der Waals surface area contributed by atoms with E-state index in [9.17, 15) is 4.79 Å². The minimum atomic E-state index is -0.0607. The van der Waals surface area contributed by atoms with Crippen molar-refractivity contribution >= 4 is 17.2 Å². The van der Waals surface area contributed by atoms with Crippen molar-refractivity contribution in [3.8, 4) is 0 Å². The third-order valence-electron chi connectivity index (χ3n) is 2.47. The Kier molecular flexibility index (Phi) is 5.15. The largest absolute Gasteiger partial charge is 0.369 e. The van der Waals surface area contributed by atoms with Gasteiger partial charge in [0.25, 0.3) is 0 Å². The van der Waals surface area contributed by atoms with Gasteiger partial charge in [0.1, 0.15) is 6.61 Å². The van der Waals surface area contributed by atoms with E-state index in [-0.39, 0.29) is 24.7 Å². The monoisotopic (exact) mass is 255 g/mol. The van der Waals surface area contributed by atoms with Gasteiger partial charge in [0.15, 0.2) is 0 Å². The summed E-state index contributed by atoms with van der Waals surface area (Å²) < 4.78 is 5.27. The first kappa shape index (κ1) is 14.2. The second kappa shape index (κ2) is 6.17. The number of rotatable bonds is 5. The lowest BCUT2D eigenvalue weighted by atomic mass is 10.1. The summed E-state index contributed by atoms with van der Waals surface area (Å²) in [5, 5.41) is 2.95. The van der Waals surface area contributed by atoms with Crippen LogP contribution in [0.3, 0.4) is 0 Å². The van der Waals surface area contributed by atoms with Crippen molar-refractivity contribution < 1.29 is 9.53 Å². The van der Waals surface area contributed by atoms with Gasteiger partial charge in [0.2, 0.25) is 5.91 Å². The highest BCUT2D eigenvalue weighted by Gasteiger charge is 2.14. The first-order valence-electron chi connectivity index (χ1n) is 5.88. The maximum absolute atomic E-state index is 11.6. The molecule has 1 rings (SSSR count). The molecule has 0 aromatic carbocycles. The van der Waals surface area contributed by atoms with Crippen molar-refractivity contribution in [3.63, 3.8) is 0 Å². The standard InChI is InChI=1S/C13H21NO2S/c1-8(2)16-7-13(15)14-10(4)12-6-9(3)17-11(12)5/h6,8,10H,7H2,1-5H3,(H,14,15). The summed E-state index contributed by atoms with van der Waals surface area (Å²) in [5.41, 5.74) is 1.20. The van der Waals surface area contributed by atoms with Gasteiger partial charge in [-0.05, 0) is 46.2 Å². The molecule has 3 nitrogen and oxygen atoms in total. The Morgan fingerprint density at radius 2 is 2.06 bits per heavy atom. The fourth-order valence-corrected chi connectivity index (χ4v) is 2.71. The van der Waals surface area contributed by atoms with Gasteiger partial charge in [-0.1, -0.05) is 0 Å². The number of hydrogen-bond acceptors (Lipinski definition) is 3. The van der Waals surface area contributed by atoms with Crippen LogP contribution in [-0.4, -0.2) is 18.6 Å². The molecule has 17 heavy (non-hydrogen) atoms. The highest BCUT2D eigenvalue weighted by atomic mass is 32.1. The lowest BCUT2D eigenvalue weighted by molar-refractivity contribution is -0.127. The molecule has 1 unspecified atom stereocenters. The maximum atomic E-state index is 11.6. The summed E-state index contributed by atoms with van der Waals surface area (Å²) in [6.07, 6.45) is 0.0844. The Bertz CT molecular complexity index is 385. The lowest BCUT2D eigenvalue weighted by Crippen LogP contribution is -2.31. The molecule has 1 aromatic heterocycles. The molecule has 0 aliphatic heterocycles. The van der Waals surface area contributed by atoms with Crippen molar-refractivity contribution in [2.45, 2.75) is 46.8 Å². The van der Waals surface area contributed by atoms with Gasteiger partial charge in [-0.3, -0.25) is 4.79 Å². The zero-order chi connectivity index (χ0) is 13.0. The number of aryl methyl sites for hydroxylation is 2. The number of carbonyl (C=O) groups is 1.